The standard InChI is InChI=1S/C60H122NO7P/c1-6-8-10-12-14-16-18-20-22-24-25-26-27-28-29-30-31-32-33-34-35-36-37-38-39-41-43-45-47-49-51-53-60(62)68-59(58-67-69(63,64)66-56-54-61(3,4)5)57-65-55-52-50-48-46-44-42-40-23-21-19-17-15-13-11-9-7-2/h59H,6-58H2,1-5H3/p+1/t59-/m1/s1. The van der Waals surface area contributed by atoms with Crippen LogP contribution in [0.4, 0.5) is 0 Å². The highest BCUT2D eigenvalue weighted by molar-refractivity contribution is 7.47. The molecule has 8 nitrogen and oxygen atoms in total. The molecule has 0 aromatic carbocycles. The van der Waals surface area contributed by atoms with Gasteiger partial charge in [-0.1, -0.05) is 303 Å². The van der Waals surface area contributed by atoms with Crippen LogP contribution in [0, 0.1) is 0 Å². The summed E-state index contributed by atoms with van der Waals surface area (Å²) >= 11 is 0. The molecule has 414 valence electrons. The molecule has 0 saturated carbocycles. The van der Waals surface area contributed by atoms with Gasteiger partial charge < -0.3 is 18.9 Å². The molecule has 2 atom stereocenters. The van der Waals surface area contributed by atoms with Crippen LogP contribution in [0.3, 0.4) is 0 Å². The van der Waals surface area contributed by atoms with Crippen molar-refractivity contribution in [3.63, 3.8) is 0 Å². The Labute approximate surface area is 431 Å². The number of phosphoric acid groups is 1. The molecule has 0 aliphatic carbocycles. The minimum absolute atomic E-state index is 0.0944. The van der Waals surface area contributed by atoms with Gasteiger partial charge in [0.25, 0.3) is 0 Å². The van der Waals surface area contributed by atoms with E-state index in [0.29, 0.717) is 24.1 Å². The number of esters is 1. The number of carbonyl (C=O) groups is 1. The molecule has 0 heterocycles. The van der Waals surface area contributed by atoms with Crippen LogP contribution < -0.4 is 0 Å². The fourth-order valence-corrected chi connectivity index (χ4v) is 10.2. The first-order chi connectivity index (χ1) is 33.6. The van der Waals surface area contributed by atoms with Gasteiger partial charge in [0.1, 0.15) is 19.3 Å². The number of unbranched alkanes of at least 4 members (excludes halogenated alkanes) is 45. The van der Waals surface area contributed by atoms with Crippen LogP contribution in [-0.2, 0) is 27.9 Å². The van der Waals surface area contributed by atoms with Crippen molar-refractivity contribution < 1.29 is 37.3 Å². The van der Waals surface area contributed by atoms with Crippen molar-refractivity contribution in [3.05, 3.63) is 0 Å². The number of hydrogen-bond donors (Lipinski definition) is 1. The van der Waals surface area contributed by atoms with Gasteiger partial charge in [-0.15, -0.1) is 0 Å². The third kappa shape index (κ3) is 58.3. The van der Waals surface area contributed by atoms with Gasteiger partial charge >= 0.3 is 13.8 Å². The Balaban J connectivity index is 3.89. The molecule has 0 aliphatic heterocycles. The maximum atomic E-state index is 12.8. The molecule has 0 bridgehead atoms. The monoisotopic (exact) mass is 1000 g/mol. The quantitative estimate of drug-likeness (QED) is 0.0281. The van der Waals surface area contributed by atoms with E-state index < -0.39 is 13.9 Å². The first-order valence-corrected chi connectivity index (χ1v) is 32.3. The SMILES string of the molecule is CCCCCCCCCCCCCCCCCCCCCCCCCCCCCCCCCC(=O)O[C@H](COCCCCCCCCCCCCCCCCCC)COP(=O)(O)OCC[N+](C)(C)C. The van der Waals surface area contributed by atoms with E-state index in [2.05, 4.69) is 13.8 Å². The van der Waals surface area contributed by atoms with E-state index in [0.717, 1.165) is 32.1 Å². The summed E-state index contributed by atoms with van der Waals surface area (Å²) in [7, 11) is 1.69. The molecule has 0 aliphatic rings. The maximum Gasteiger partial charge on any atom is 0.472 e. The normalized spacial score (nSPS) is 13.3. The zero-order valence-electron chi connectivity index (χ0n) is 47.3. The van der Waals surface area contributed by atoms with Crippen molar-refractivity contribution in [1.82, 2.24) is 0 Å². The van der Waals surface area contributed by atoms with Crippen molar-refractivity contribution in [3.8, 4) is 0 Å². The van der Waals surface area contributed by atoms with Gasteiger partial charge in [-0.05, 0) is 12.8 Å². The van der Waals surface area contributed by atoms with Crippen LogP contribution >= 0.6 is 7.82 Å². The summed E-state index contributed by atoms with van der Waals surface area (Å²) in [4.78, 5) is 23.1. The van der Waals surface area contributed by atoms with E-state index in [9.17, 15) is 14.3 Å². The molecule has 1 N–H and O–H groups in total. The molecule has 0 radical (unpaired) electrons. The topological polar surface area (TPSA) is 91.3 Å². The highest BCUT2D eigenvalue weighted by atomic mass is 31.2. The molecule has 0 saturated heterocycles. The van der Waals surface area contributed by atoms with E-state index in [1.807, 2.05) is 21.1 Å². The Morgan fingerprint density at radius 2 is 0.667 bits per heavy atom. The van der Waals surface area contributed by atoms with Crippen molar-refractivity contribution >= 4 is 13.8 Å². The Kier molecular flexibility index (Phi) is 53.4. The fourth-order valence-electron chi connectivity index (χ4n) is 9.44. The third-order valence-corrected chi connectivity index (χ3v) is 15.2. The zero-order chi connectivity index (χ0) is 50.5. The van der Waals surface area contributed by atoms with Gasteiger partial charge in [-0.25, -0.2) is 4.57 Å². The lowest BCUT2D eigenvalue weighted by molar-refractivity contribution is -0.870. The van der Waals surface area contributed by atoms with Gasteiger partial charge in [0.05, 0.1) is 34.4 Å². The van der Waals surface area contributed by atoms with Crippen molar-refractivity contribution in [1.29, 1.82) is 0 Å². The van der Waals surface area contributed by atoms with E-state index >= 15 is 0 Å². The fraction of sp³-hybridized carbons (Fsp3) is 0.983. The van der Waals surface area contributed by atoms with Gasteiger partial charge in [-0.2, -0.15) is 0 Å². The number of hydrogen-bond acceptors (Lipinski definition) is 6. The van der Waals surface area contributed by atoms with Crippen LogP contribution in [0.15, 0.2) is 0 Å². The smallest absolute Gasteiger partial charge is 0.457 e. The van der Waals surface area contributed by atoms with E-state index in [-0.39, 0.29) is 25.8 Å². The maximum absolute atomic E-state index is 12.8. The highest BCUT2D eigenvalue weighted by Crippen LogP contribution is 2.43. The predicted octanol–water partition coefficient (Wildman–Crippen LogP) is 19.5. The third-order valence-electron chi connectivity index (χ3n) is 14.2. The average molecular weight is 1000 g/mol. The molecule has 0 rings (SSSR count). The second-order valence-corrected chi connectivity index (χ2v) is 23.9. The van der Waals surface area contributed by atoms with Crippen LogP contribution in [0.1, 0.15) is 322 Å². The number of ether oxygens (including phenoxy) is 2. The summed E-state index contributed by atoms with van der Waals surface area (Å²) in [5.41, 5.74) is 0. The van der Waals surface area contributed by atoms with Crippen LogP contribution in [-0.4, -0.2) is 75.6 Å². The van der Waals surface area contributed by atoms with Gasteiger partial charge in [-0.3, -0.25) is 13.8 Å². The Morgan fingerprint density at radius 1 is 0.391 bits per heavy atom. The van der Waals surface area contributed by atoms with E-state index in [4.69, 9.17) is 18.5 Å². The first kappa shape index (κ1) is 68.5. The summed E-state index contributed by atoms with van der Waals surface area (Å²) in [5.74, 6) is -0.302. The molecule has 0 spiro atoms. The zero-order valence-corrected chi connectivity index (χ0v) is 48.2. The lowest BCUT2D eigenvalue weighted by Gasteiger charge is -2.24. The summed E-state index contributed by atoms with van der Waals surface area (Å²) in [6.07, 6.45) is 63.3. The van der Waals surface area contributed by atoms with E-state index in [1.54, 1.807) is 0 Å². The van der Waals surface area contributed by atoms with Crippen molar-refractivity contribution in [2.75, 3.05) is 54.1 Å². The Bertz CT molecular complexity index is 1070. The number of quaternary nitrogens is 1. The number of carbonyl (C=O) groups excluding carboxylic acids is 1. The van der Waals surface area contributed by atoms with Crippen molar-refractivity contribution in [2.24, 2.45) is 0 Å². The average Bonchev–Trinajstić information content (AvgIpc) is 3.31. The minimum atomic E-state index is -4.28. The molecule has 0 fully saturated rings. The molecular formula is C60H123NO7P+. The number of likely N-dealkylation sites (N-methyl/N-ethyl adjacent to an activating group) is 1. The van der Waals surface area contributed by atoms with Crippen LogP contribution in [0.2, 0.25) is 0 Å². The Hall–Kier alpha value is -0.500. The summed E-state index contributed by atoms with van der Waals surface area (Å²) in [6, 6.07) is 0. The largest absolute Gasteiger partial charge is 0.472 e. The predicted molar refractivity (Wildman–Crippen MR) is 298 cm³/mol. The number of rotatable bonds is 59. The van der Waals surface area contributed by atoms with Crippen LogP contribution in [0.5, 0.6) is 0 Å². The molecule has 0 amide bonds. The molecule has 0 aromatic rings. The van der Waals surface area contributed by atoms with Gasteiger partial charge in [0.2, 0.25) is 0 Å². The molecule has 0 aromatic heterocycles. The molecular weight excluding hydrogens is 878 g/mol. The molecule has 1 unspecified atom stereocenters. The lowest BCUT2D eigenvalue weighted by Crippen LogP contribution is -2.37. The Morgan fingerprint density at radius 3 is 0.957 bits per heavy atom. The first-order valence-electron chi connectivity index (χ1n) is 30.8. The number of nitrogens with zero attached hydrogens (tertiary/aromatic N) is 1. The van der Waals surface area contributed by atoms with Gasteiger partial charge in [0, 0.05) is 13.0 Å². The highest BCUT2D eigenvalue weighted by Gasteiger charge is 2.26. The molecule has 9 heteroatoms. The minimum Gasteiger partial charge on any atom is -0.457 e. The van der Waals surface area contributed by atoms with Gasteiger partial charge in [0.15, 0.2) is 0 Å². The second kappa shape index (κ2) is 53.8. The van der Waals surface area contributed by atoms with Crippen LogP contribution in [0.25, 0.3) is 0 Å². The summed E-state index contributed by atoms with van der Waals surface area (Å²) in [6.45, 7) is 5.72. The van der Waals surface area contributed by atoms with Crippen molar-refractivity contribution in [2.45, 2.75) is 328 Å². The molecule has 69 heavy (non-hydrogen) atoms. The summed E-state index contributed by atoms with van der Waals surface area (Å²) < 4.78 is 35.3. The van der Waals surface area contributed by atoms with E-state index in [1.165, 1.54) is 270 Å². The summed E-state index contributed by atoms with van der Waals surface area (Å²) in [5, 5.41) is 0. The second-order valence-electron chi connectivity index (χ2n) is 22.5. The lowest BCUT2D eigenvalue weighted by atomic mass is 10.0. The number of phosphoric ester groups is 1.